The van der Waals surface area contributed by atoms with Crippen molar-refractivity contribution >= 4 is 5.78 Å². The SMILES string of the molecule is O=C1[C@H]2CC(O)C[C@@H]1[C@H]1C=C[C@@H]2C12CC2. The van der Waals surface area contributed by atoms with Crippen LogP contribution in [0.15, 0.2) is 12.2 Å². The second-order valence-corrected chi connectivity index (χ2v) is 5.91. The quantitative estimate of drug-likeness (QED) is 0.608. The Morgan fingerprint density at radius 3 is 2.13 bits per heavy atom. The highest BCUT2D eigenvalue weighted by Crippen LogP contribution is 2.70. The molecule has 0 saturated heterocycles. The number of carbonyl (C=O) groups is 1. The predicted octanol–water partition coefficient (Wildman–Crippen LogP) is 1.54. The zero-order valence-corrected chi connectivity index (χ0v) is 8.73. The van der Waals surface area contributed by atoms with Crippen LogP contribution in [0.1, 0.15) is 25.7 Å². The summed E-state index contributed by atoms with van der Waals surface area (Å²) in [5.41, 5.74) is 0.476. The van der Waals surface area contributed by atoms with Crippen molar-refractivity contribution in [1.82, 2.24) is 0 Å². The molecule has 3 fully saturated rings. The monoisotopic (exact) mass is 204 g/mol. The molecule has 0 heterocycles. The molecule has 0 aliphatic heterocycles. The highest BCUT2D eigenvalue weighted by Gasteiger charge is 2.66. The lowest BCUT2D eigenvalue weighted by molar-refractivity contribution is -0.143. The maximum absolute atomic E-state index is 12.2. The number of fused-ring (bicyclic) bond motifs is 4. The number of allylic oxidation sites excluding steroid dienone is 2. The molecule has 15 heavy (non-hydrogen) atoms. The summed E-state index contributed by atoms with van der Waals surface area (Å²) in [7, 11) is 0. The highest BCUT2D eigenvalue weighted by molar-refractivity contribution is 5.87. The minimum atomic E-state index is -0.223. The Hall–Kier alpha value is -0.630. The molecule has 2 heteroatoms. The second kappa shape index (κ2) is 2.37. The van der Waals surface area contributed by atoms with E-state index >= 15 is 0 Å². The maximum atomic E-state index is 12.2. The number of Topliss-reactive ketones (excluding diaryl/α,β-unsaturated/α-hetero) is 1. The summed E-state index contributed by atoms with van der Waals surface area (Å²) < 4.78 is 0. The van der Waals surface area contributed by atoms with Gasteiger partial charge in [0.25, 0.3) is 0 Å². The molecule has 1 N–H and O–H groups in total. The van der Waals surface area contributed by atoms with Crippen LogP contribution in [0.25, 0.3) is 0 Å². The molecule has 4 aliphatic rings. The fourth-order valence-electron chi connectivity index (χ4n) is 4.56. The average molecular weight is 204 g/mol. The predicted molar refractivity (Wildman–Crippen MR) is 55.0 cm³/mol. The van der Waals surface area contributed by atoms with Gasteiger partial charge in [-0.1, -0.05) is 12.2 Å². The molecule has 1 spiro atoms. The fourth-order valence-corrected chi connectivity index (χ4v) is 4.56. The van der Waals surface area contributed by atoms with Gasteiger partial charge < -0.3 is 5.11 Å². The van der Waals surface area contributed by atoms with Crippen molar-refractivity contribution in [1.29, 1.82) is 0 Å². The first kappa shape index (κ1) is 8.51. The van der Waals surface area contributed by atoms with Crippen LogP contribution in [-0.4, -0.2) is 17.0 Å². The molecule has 80 valence electrons. The van der Waals surface area contributed by atoms with E-state index in [2.05, 4.69) is 12.2 Å². The number of ketones is 1. The fraction of sp³-hybridized carbons (Fsp3) is 0.769. The van der Waals surface area contributed by atoms with Gasteiger partial charge in [-0.2, -0.15) is 0 Å². The largest absolute Gasteiger partial charge is 0.393 e. The Bertz CT molecular complexity index is 339. The average Bonchev–Trinajstić information content (AvgIpc) is 2.86. The number of carbonyl (C=O) groups excluding carboxylic acids is 1. The van der Waals surface area contributed by atoms with E-state index < -0.39 is 0 Å². The van der Waals surface area contributed by atoms with E-state index in [1.807, 2.05) is 0 Å². The molecular weight excluding hydrogens is 188 g/mol. The summed E-state index contributed by atoms with van der Waals surface area (Å²) >= 11 is 0. The third kappa shape index (κ3) is 0.840. The summed E-state index contributed by atoms with van der Waals surface area (Å²) in [6, 6.07) is 0. The van der Waals surface area contributed by atoms with E-state index in [0.717, 1.165) is 12.8 Å². The molecule has 0 radical (unpaired) electrons. The van der Waals surface area contributed by atoms with Gasteiger partial charge in [-0.25, -0.2) is 0 Å². The van der Waals surface area contributed by atoms with Crippen LogP contribution in [-0.2, 0) is 4.79 Å². The third-order valence-electron chi connectivity index (χ3n) is 5.33. The summed E-state index contributed by atoms with van der Waals surface area (Å²) in [6.45, 7) is 0. The van der Waals surface area contributed by atoms with Crippen molar-refractivity contribution in [3.63, 3.8) is 0 Å². The van der Waals surface area contributed by atoms with E-state index in [1.54, 1.807) is 0 Å². The second-order valence-electron chi connectivity index (χ2n) is 5.91. The van der Waals surface area contributed by atoms with Crippen molar-refractivity contribution in [2.45, 2.75) is 31.8 Å². The lowest BCUT2D eigenvalue weighted by atomic mass is 9.57. The van der Waals surface area contributed by atoms with Crippen LogP contribution in [0.4, 0.5) is 0 Å². The normalized spacial score (nSPS) is 53.7. The van der Waals surface area contributed by atoms with E-state index in [-0.39, 0.29) is 17.9 Å². The van der Waals surface area contributed by atoms with E-state index in [1.165, 1.54) is 12.8 Å². The molecule has 5 atom stereocenters. The van der Waals surface area contributed by atoms with Crippen molar-refractivity contribution in [3.8, 4) is 0 Å². The Kier molecular flexibility index (Phi) is 1.35. The summed E-state index contributed by atoms with van der Waals surface area (Å²) in [5, 5.41) is 9.81. The topological polar surface area (TPSA) is 37.3 Å². The van der Waals surface area contributed by atoms with Gasteiger partial charge in [0.15, 0.2) is 0 Å². The molecule has 0 aromatic carbocycles. The van der Waals surface area contributed by atoms with Gasteiger partial charge in [0, 0.05) is 11.8 Å². The molecule has 0 aromatic heterocycles. The van der Waals surface area contributed by atoms with Gasteiger partial charge in [0.1, 0.15) is 5.78 Å². The van der Waals surface area contributed by atoms with Crippen LogP contribution in [0, 0.1) is 29.1 Å². The Morgan fingerprint density at radius 1 is 1.13 bits per heavy atom. The van der Waals surface area contributed by atoms with Gasteiger partial charge in [-0.05, 0) is 42.9 Å². The molecule has 4 bridgehead atoms. The van der Waals surface area contributed by atoms with Crippen molar-refractivity contribution < 1.29 is 9.90 Å². The van der Waals surface area contributed by atoms with E-state index in [4.69, 9.17) is 0 Å². The lowest BCUT2D eigenvalue weighted by Gasteiger charge is -2.46. The Balaban J connectivity index is 1.83. The van der Waals surface area contributed by atoms with Crippen molar-refractivity contribution in [3.05, 3.63) is 12.2 Å². The molecular formula is C13H16O2. The third-order valence-corrected chi connectivity index (χ3v) is 5.33. The number of hydrogen-bond acceptors (Lipinski definition) is 2. The Labute approximate surface area is 89.4 Å². The molecule has 0 amide bonds. The van der Waals surface area contributed by atoms with Gasteiger partial charge in [-0.3, -0.25) is 4.79 Å². The first-order valence-corrected chi connectivity index (χ1v) is 6.12. The minimum absolute atomic E-state index is 0.149. The zero-order valence-electron chi connectivity index (χ0n) is 8.73. The van der Waals surface area contributed by atoms with Gasteiger partial charge in [0.2, 0.25) is 0 Å². The van der Waals surface area contributed by atoms with Gasteiger partial charge in [-0.15, -0.1) is 0 Å². The number of rotatable bonds is 0. The van der Waals surface area contributed by atoms with E-state index in [0.29, 0.717) is 23.0 Å². The highest BCUT2D eigenvalue weighted by atomic mass is 16.3. The first-order chi connectivity index (χ1) is 7.22. The standard InChI is InChI=1S/C13H16O2/c14-7-5-8-10-1-2-11(13(10)3-4-13)9(6-7)12(8)15/h1-2,7-11,14H,3-6H2/t7?,8-,9+,10-,11+. The smallest absolute Gasteiger partial charge is 0.140 e. The van der Waals surface area contributed by atoms with Crippen molar-refractivity contribution in [2.24, 2.45) is 29.1 Å². The Morgan fingerprint density at radius 2 is 1.67 bits per heavy atom. The van der Waals surface area contributed by atoms with Gasteiger partial charge in [0.05, 0.1) is 6.10 Å². The lowest BCUT2D eigenvalue weighted by Crippen LogP contribution is -2.49. The maximum Gasteiger partial charge on any atom is 0.140 e. The summed E-state index contributed by atoms with van der Waals surface area (Å²) in [4.78, 5) is 12.2. The van der Waals surface area contributed by atoms with Crippen LogP contribution in [0.5, 0.6) is 0 Å². The molecule has 1 unspecified atom stereocenters. The molecule has 2 nitrogen and oxygen atoms in total. The van der Waals surface area contributed by atoms with Crippen LogP contribution < -0.4 is 0 Å². The summed E-state index contributed by atoms with van der Waals surface area (Å²) in [5.74, 6) is 1.70. The molecule has 3 saturated carbocycles. The van der Waals surface area contributed by atoms with E-state index in [9.17, 15) is 9.90 Å². The molecule has 4 aliphatic carbocycles. The van der Waals surface area contributed by atoms with Gasteiger partial charge >= 0.3 is 0 Å². The van der Waals surface area contributed by atoms with Crippen LogP contribution in [0.3, 0.4) is 0 Å². The summed E-state index contributed by atoms with van der Waals surface area (Å²) in [6.07, 6.45) is 8.42. The van der Waals surface area contributed by atoms with Crippen LogP contribution >= 0.6 is 0 Å². The molecule has 4 rings (SSSR count). The number of hydrogen-bond donors (Lipinski definition) is 1. The number of aliphatic hydroxyl groups is 1. The molecule has 0 aromatic rings. The van der Waals surface area contributed by atoms with Crippen molar-refractivity contribution in [2.75, 3.05) is 0 Å². The van der Waals surface area contributed by atoms with Crippen LogP contribution in [0.2, 0.25) is 0 Å². The minimum Gasteiger partial charge on any atom is -0.393 e. The number of aliphatic hydroxyl groups excluding tert-OH is 1. The first-order valence-electron chi connectivity index (χ1n) is 6.12. The zero-order chi connectivity index (χ0) is 10.2.